The lowest BCUT2D eigenvalue weighted by Gasteiger charge is -2.02. The van der Waals surface area contributed by atoms with Gasteiger partial charge in [0.15, 0.2) is 0 Å². The van der Waals surface area contributed by atoms with Gasteiger partial charge in [-0.25, -0.2) is 4.68 Å². The van der Waals surface area contributed by atoms with Crippen molar-refractivity contribution in [3.05, 3.63) is 46.2 Å². The zero-order valence-electron chi connectivity index (χ0n) is 6.61. The van der Waals surface area contributed by atoms with E-state index in [-0.39, 0.29) is 0 Å². The summed E-state index contributed by atoms with van der Waals surface area (Å²) in [6.07, 6.45) is 1.73. The van der Waals surface area contributed by atoms with Crippen LogP contribution in [0, 0.1) is 0 Å². The van der Waals surface area contributed by atoms with Gasteiger partial charge in [-0.15, -0.1) is 0 Å². The summed E-state index contributed by atoms with van der Waals surface area (Å²) < 4.78 is 2.68. The molecule has 2 aromatic rings. The molecule has 0 aliphatic heterocycles. The molecule has 66 valence electrons. The van der Waals surface area contributed by atoms with Gasteiger partial charge in [-0.3, -0.25) is 0 Å². The second kappa shape index (κ2) is 3.52. The van der Waals surface area contributed by atoms with Crippen LogP contribution in [0.2, 0.25) is 5.02 Å². The molecule has 0 saturated heterocycles. The minimum absolute atomic E-state index is 0.708. The Kier molecular flexibility index (Phi) is 2.38. The second-order valence-corrected chi connectivity index (χ2v) is 3.79. The van der Waals surface area contributed by atoms with Crippen molar-refractivity contribution in [2.24, 2.45) is 0 Å². The monoisotopic (exact) mass is 256 g/mol. The SMILES string of the molecule is Clc1cccc(-n2nccc2Br)c1. The molecule has 2 rings (SSSR count). The third kappa shape index (κ3) is 1.76. The largest absolute Gasteiger partial charge is 0.227 e. The van der Waals surface area contributed by atoms with Crippen molar-refractivity contribution < 1.29 is 0 Å². The molecule has 2 nitrogen and oxygen atoms in total. The first-order chi connectivity index (χ1) is 6.27. The fourth-order valence-corrected chi connectivity index (χ4v) is 1.68. The van der Waals surface area contributed by atoms with Crippen LogP contribution in [0.5, 0.6) is 0 Å². The van der Waals surface area contributed by atoms with Crippen LogP contribution >= 0.6 is 27.5 Å². The lowest BCUT2D eigenvalue weighted by atomic mass is 10.3. The minimum atomic E-state index is 0.708. The predicted octanol–water partition coefficient (Wildman–Crippen LogP) is 3.29. The van der Waals surface area contributed by atoms with Gasteiger partial charge in [0.1, 0.15) is 4.60 Å². The van der Waals surface area contributed by atoms with E-state index in [4.69, 9.17) is 11.6 Å². The van der Waals surface area contributed by atoms with Crippen molar-refractivity contribution in [2.45, 2.75) is 0 Å². The van der Waals surface area contributed by atoms with Gasteiger partial charge in [-0.1, -0.05) is 17.7 Å². The van der Waals surface area contributed by atoms with Crippen molar-refractivity contribution >= 4 is 27.5 Å². The molecule has 0 fully saturated rings. The van der Waals surface area contributed by atoms with E-state index >= 15 is 0 Å². The highest BCUT2D eigenvalue weighted by Gasteiger charge is 2.01. The average molecular weight is 258 g/mol. The minimum Gasteiger partial charge on any atom is -0.227 e. The highest BCUT2D eigenvalue weighted by atomic mass is 79.9. The van der Waals surface area contributed by atoms with Gasteiger partial charge in [0.05, 0.1) is 11.9 Å². The Hall–Kier alpha value is -0.800. The number of aromatic nitrogens is 2. The number of hydrogen-bond acceptors (Lipinski definition) is 1. The summed E-state index contributed by atoms with van der Waals surface area (Å²) in [6.45, 7) is 0. The molecule has 4 heteroatoms. The Balaban J connectivity index is 2.53. The molecule has 0 aliphatic rings. The summed E-state index contributed by atoms with van der Waals surface area (Å²) in [5.41, 5.74) is 0.948. The van der Waals surface area contributed by atoms with Gasteiger partial charge >= 0.3 is 0 Å². The third-order valence-corrected chi connectivity index (χ3v) is 2.48. The Bertz CT molecular complexity index is 425. The van der Waals surface area contributed by atoms with E-state index in [1.165, 1.54) is 0 Å². The Morgan fingerprint density at radius 1 is 1.31 bits per heavy atom. The summed E-state index contributed by atoms with van der Waals surface area (Å²) in [5.74, 6) is 0. The van der Waals surface area contributed by atoms with Gasteiger partial charge in [0.25, 0.3) is 0 Å². The van der Waals surface area contributed by atoms with E-state index in [1.54, 1.807) is 10.9 Å². The van der Waals surface area contributed by atoms with Crippen LogP contribution in [0.3, 0.4) is 0 Å². The van der Waals surface area contributed by atoms with E-state index < -0.39 is 0 Å². The van der Waals surface area contributed by atoms with Crippen LogP contribution in [-0.4, -0.2) is 9.78 Å². The van der Waals surface area contributed by atoms with Gasteiger partial charge in [0, 0.05) is 5.02 Å². The van der Waals surface area contributed by atoms with E-state index in [9.17, 15) is 0 Å². The van der Waals surface area contributed by atoms with Crippen LogP contribution in [0.15, 0.2) is 41.1 Å². The molecule has 0 atom stereocenters. The molecule has 0 N–H and O–H groups in total. The molecule has 13 heavy (non-hydrogen) atoms. The summed E-state index contributed by atoms with van der Waals surface area (Å²) in [7, 11) is 0. The first-order valence-electron chi connectivity index (χ1n) is 3.73. The maximum Gasteiger partial charge on any atom is 0.109 e. The number of halogens is 2. The van der Waals surface area contributed by atoms with E-state index in [0.29, 0.717) is 5.02 Å². The molecular formula is C9H6BrClN2. The molecule has 1 aromatic carbocycles. The Morgan fingerprint density at radius 3 is 2.77 bits per heavy atom. The van der Waals surface area contributed by atoms with E-state index in [1.807, 2.05) is 30.3 Å². The first-order valence-corrected chi connectivity index (χ1v) is 4.90. The normalized spacial score (nSPS) is 10.3. The smallest absolute Gasteiger partial charge is 0.109 e. The Labute approximate surface area is 89.3 Å². The Morgan fingerprint density at radius 2 is 2.15 bits per heavy atom. The van der Waals surface area contributed by atoms with Crippen molar-refractivity contribution in [2.75, 3.05) is 0 Å². The standard InChI is InChI=1S/C9H6BrClN2/c10-9-4-5-12-13(9)8-3-1-2-7(11)6-8/h1-6H. The predicted molar refractivity (Wildman–Crippen MR) is 56.3 cm³/mol. The fourth-order valence-electron chi connectivity index (χ4n) is 1.09. The van der Waals surface area contributed by atoms with Gasteiger partial charge in [-0.05, 0) is 40.2 Å². The summed E-state index contributed by atoms with van der Waals surface area (Å²) in [4.78, 5) is 0. The average Bonchev–Trinajstić information content (AvgIpc) is 2.51. The molecule has 0 bridgehead atoms. The molecule has 0 aliphatic carbocycles. The van der Waals surface area contributed by atoms with Crippen molar-refractivity contribution in [3.8, 4) is 5.69 Å². The molecular weight excluding hydrogens is 251 g/mol. The topological polar surface area (TPSA) is 17.8 Å². The van der Waals surface area contributed by atoms with Gasteiger partial charge in [0.2, 0.25) is 0 Å². The maximum absolute atomic E-state index is 5.86. The summed E-state index contributed by atoms with van der Waals surface area (Å²) in [6, 6.07) is 9.41. The van der Waals surface area contributed by atoms with Crippen molar-refractivity contribution in [1.29, 1.82) is 0 Å². The van der Waals surface area contributed by atoms with E-state index in [2.05, 4.69) is 21.0 Å². The lowest BCUT2D eigenvalue weighted by Crippen LogP contribution is -1.95. The third-order valence-electron chi connectivity index (χ3n) is 1.65. The number of rotatable bonds is 1. The van der Waals surface area contributed by atoms with E-state index in [0.717, 1.165) is 10.3 Å². The van der Waals surface area contributed by atoms with Crippen molar-refractivity contribution in [3.63, 3.8) is 0 Å². The van der Waals surface area contributed by atoms with Crippen LogP contribution < -0.4 is 0 Å². The molecule has 1 heterocycles. The summed E-state index contributed by atoms with van der Waals surface area (Å²) in [5, 5.41) is 4.85. The van der Waals surface area contributed by atoms with Crippen LogP contribution in [0.1, 0.15) is 0 Å². The summed E-state index contributed by atoms with van der Waals surface area (Å²) >= 11 is 9.24. The van der Waals surface area contributed by atoms with Crippen LogP contribution in [0.25, 0.3) is 5.69 Å². The van der Waals surface area contributed by atoms with Crippen LogP contribution in [0.4, 0.5) is 0 Å². The number of hydrogen-bond donors (Lipinski definition) is 0. The van der Waals surface area contributed by atoms with Gasteiger partial charge in [-0.2, -0.15) is 5.10 Å². The quantitative estimate of drug-likeness (QED) is 0.766. The molecule has 1 aromatic heterocycles. The zero-order valence-corrected chi connectivity index (χ0v) is 8.96. The lowest BCUT2D eigenvalue weighted by molar-refractivity contribution is 0.861. The van der Waals surface area contributed by atoms with Gasteiger partial charge < -0.3 is 0 Å². The molecule has 0 radical (unpaired) electrons. The molecule has 0 unspecified atom stereocenters. The first kappa shape index (κ1) is 8.78. The second-order valence-electron chi connectivity index (χ2n) is 2.55. The number of benzene rings is 1. The molecule has 0 spiro atoms. The highest BCUT2D eigenvalue weighted by molar-refractivity contribution is 9.10. The van der Waals surface area contributed by atoms with Crippen molar-refractivity contribution in [1.82, 2.24) is 9.78 Å². The zero-order chi connectivity index (χ0) is 9.26. The maximum atomic E-state index is 5.86. The molecule has 0 amide bonds. The number of nitrogens with zero attached hydrogens (tertiary/aromatic N) is 2. The molecule has 0 saturated carbocycles. The van der Waals surface area contributed by atoms with Crippen LogP contribution in [-0.2, 0) is 0 Å². The highest BCUT2D eigenvalue weighted by Crippen LogP contribution is 2.18. The fraction of sp³-hybridized carbons (Fsp3) is 0.